The molecule has 0 aliphatic carbocycles. The monoisotopic (exact) mass is 297 g/mol. The molecule has 0 saturated heterocycles. The van der Waals surface area contributed by atoms with Gasteiger partial charge >= 0.3 is 0 Å². The quantitative estimate of drug-likeness (QED) is 0.405. The summed E-state index contributed by atoms with van der Waals surface area (Å²) in [5, 5.41) is 11.8. The molecule has 0 amide bonds. The number of amidine groups is 1. The maximum absolute atomic E-state index is 8.66. The second-order valence-electron chi connectivity index (χ2n) is 4.14. The van der Waals surface area contributed by atoms with Crippen LogP contribution in [-0.2, 0) is 0 Å². The van der Waals surface area contributed by atoms with Crippen molar-refractivity contribution in [2.75, 3.05) is 13.4 Å². The molecule has 4 nitrogen and oxygen atoms in total. The third kappa shape index (κ3) is 4.01. The average molecular weight is 297 g/mol. The molecule has 0 aliphatic heterocycles. The topological polar surface area (TPSA) is 57.4 Å². The van der Waals surface area contributed by atoms with Crippen LogP contribution in [0.5, 0.6) is 5.75 Å². The number of nitrogens with one attached hydrogen (secondary N) is 1. The van der Waals surface area contributed by atoms with E-state index in [-0.39, 0.29) is 0 Å². The summed E-state index contributed by atoms with van der Waals surface area (Å²) in [7, 11) is 1.65. The number of hydrogen-bond donors (Lipinski definition) is 1. The van der Waals surface area contributed by atoms with Crippen LogP contribution < -0.4 is 10.1 Å². The first-order chi connectivity index (χ1) is 10.3. The number of benzene rings is 2. The number of methoxy groups -OCH3 is 1. The van der Waals surface area contributed by atoms with E-state index in [1.165, 1.54) is 11.8 Å². The van der Waals surface area contributed by atoms with E-state index in [2.05, 4.69) is 10.3 Å². The van der Waals surface area contributed by atoms with Gasteiger partial charge < -0.3 is 4.74 Å². The van der Waals surface area contributed by atoms with Gasteiger partial charge in [-0.2, -0.15) is 5.26 Å². The summed E-state index contributed by atoms with van der Waals surface area (Å²) in [6.07, 6.45) is 3.75. The molecule has 2 aromatic rings. The molecule has 106 valence electrons. The van der Waals surface area contributed by atoms with E-state index < -0.39 is 0 Å². The fraction of sp³-hybridized carbons (Fsp3) is 0.125. The van der Waals surface area contributed by atoms with Crippen molar-refractivity contribution in [2.45, 2.75) is 0 Å². The molecule has 0 bridgehead atoms. The summed E-state index contributed by atoms with van der Waals surface area (Å²) in [5.74, 6) is 0.829. The van der Waals surface area contributed by atoms with Crippen LogP contribution >= 0.6 is 11.8 Å². The normalized spacial score (nSPS) is 10.8. The van der Waals surface area contributed by atoms with Crippen molar-refractivity contribution in [3.05, 3.63) is 48.5 Å². The molecule has 5 heteroatoms. The molecular weight excluding hydrogens is 282 g/mol. The Morgan fingerprint density at radius 3 is 2.57 bits per heavy atom. The third-order valence-electron chi connectivity index (χ3n) is 2.86. The predicted molar refractivity (Wildman–Crippen MR) is 87.8 cm³/mol. The first-order valence-electron chi connectivity index (χ1n) is 6.29. The van der Waals surface area contributed by atoms with Crippen LogP contribution in [0.25, 0.3) is 11.1 Å². The highest BCUT2D eigenvalue weighted by molar-refractivity contribution is 8.13. The van der Waals surface area contributed by atoms with Gasteiger partial charge in [0.1, 0.15) is 5.75 Å². The number of hydrogen-bond acceptors (Lipinski definition) is 4. The van der Waals surface area contributed by atoms with E-state index in [1.54, 1.807) is 7.11 Å². The molecule has 21 heavy (non-hydrogen) atoms. The van der Waals surface area contributed by atoms with Crippen LogP contribution in [-0.4, -0.2) is 18.5 Å². The van der Waals surface area contributed by atoms with Crippen molar-refractivity contribution in [2.24, 2.45) is 4.99 Å². The zero-order valence-electron chi connectivity index (χ0n) is 11.8. The van der Waals surface area contributed by atoms with Crippen LogP contribution in [0.2, 0.25) is 0 Å². The molecule has 0 aliphatic rings. The highest BCUT2D eigenvalue weighted by Crippen LogP contribution is 2.26. The van der Waals surface area contributed by atoms with Gasteiger partial charge in [-0.05, 0) is 41.6 Å². The first-order valence-corrected chi connectivity index (χ1v) is 7.51. The predicted octanol–water partition coefficient (Wildman–Crippen LogP) is 3.78. The van der Waals surface area contributed by atoms with Crippen molar-refractivity contribution in [3.8, 4) is 23.1 Å². The van der Waals surface area contributed by atoms with Gasteiger partial charge in [0.15, 0.2) is 11.4 Å². The van der Waals surface area contributed by atoms with Crippen LogP contribution in [0.3, 0.4) is 0 Å². The van der Waals surface area contributed by atoms with E-state index in [9.17, 15) is 0 Å². The zero-order valence-corrected chi connectivity index (χ0v) is 12.6. The van der Waals surface area contributed by atoms with E-state index in [4.69, 9.17) is 10.00 Å². The van der Waals surface area contributed by atoms with Gasteiger partial charge in [0.05, 0.1) is 12.8 Å². The molecular formula is C16H15N3OS. The summed E-state index contributed by atoms with van der Waals surface area (Å²) in [6.45, 7) is 0. The van der Waals surface area contributed by atoms with Crippen molar-refractivity contribution in [1.29, 1.82) is 5.26 Å². The lowest BCUT2D eigenvalue weighted by Crippen LogP contribution is -2.12. The minimum absolute atomic E-state index is 0.574. The van der Waals surface area contributed by atoms with Crippen LogP contribution in [0, 0.1) is 11.5 Å². The van der Waals surface area contributed by atoms with Gasteiger partial charge in [0.25, 0.3) is 0 Å². The van der Waals surface area contributed by atoms with Crippen LogP contribution in [0.4, 0.5) is 5.69 Å². The van der Waals surface area contributed by atoms with Gasteiger partial charge in [-0.15, -0.1) is 0 Å². The number of nitrogens with zero attached hydrogens (tertiary/aromatic N) is 2. The zero-order chi connectivity index (χ0) is 15.1. The summed E-state index contributed by atoms with van der Waals surface area (Å²) in [4.78, 5) is 4.41. The summed E-state index contributed by atoms with van der Waals surface area (Å²) < 4.78 is 5.16. The third-order valence-corrected chi connectivity index (χ3v) is 3.44. The fourth-order valence-electron chi connectivity index (χ4n) is 1.83. The highest BCUT2D eigenvalue weighted by atomic mass is 32.2. The molecule has 0 unspecified atom stereocenters. The minimum Gasteiger partial charge on any atom is -0.497 e. The van der Waals surface area contributed by atoms with Crippen molar-refractivity contribution >= 4 is 22.6 Å². The molecule has 0 saturated carbocycles. The van der Waals surface area contributed by atoms with Crippen molar-refractivity contribution in [1.82, 2.24) is 5.32 Å². The fourth-order valence-corrected chi connectivity index (χ4v) is 2.17. The standard InChI is InChI=1S/C16H15N3OS/c1-20-15-8-6-12(7-9-15)13-4-3-5-14(10-13)19-16(21-2)18-11-17/h3-10H,1-2H3,(H,18,19). The number of aliphatic imine (C=N–C) groups is 1. The molecule has 0 radical (unpaired) electrons. The first kappa shape index (κ1) is 14.9. The molecule has 0 heterocycles. The summed E-state index contributed by atoms with van der Waals surface area (Å²) >= 11 is 1.40. The van der Waals surface area contributed by atoms with E-state index >= 15 is 0 Å². The Hall–Kier alpha value is -2.45. The van der Waals surface area contributed by atoms with Gasteiger partial charge in [0, 0.05) is 0 Å². The van der Waals surface area contributed by atoms with Gasteiger partial charge in [-0.3, -0.25) is 5.32 Å². The maximum atomic E-state index is 8.66. The number of rotatable bonds is 3. The lowest BCUT2D eigenvalue weighted by atomic mass is 10.1. The molecule has 2 rings (SSSR count). The summed E-state index contributed by atoms with van der Waals surface area (Å²) in [6, 6.07) is 15.7. The Balaban J connectivity index is 2.30. The summed E-state index contributed by atoms with van der Waals surface area (Å²) in [5.41, 5.74) is 2.96. The van der Waals surface area contributed by atoms with Gasteiger partial charge in [-0.1, -0.05) is 36.0 Å². The molecule has 0 aromatic heterocycles. The Morgan fingerprint density at radius 1 is 1.19 bits per heavy atom. The molecule has 2 aromatic carbocycles. The second-order valence-corrected chi connectivity index (χ2v) is 4.93. The molecule has 0 fully saturated rings. The highest BCUT2D eigenvalue weighted by Gasteiger charge is 2.01. The van der Waals surface area contributed by atoms with Gasteiger partial charge in [-0.25, -0.2) is 4.99 Å². The minimum atomic E-state index is 0.574. The molecule has 0 atom stereocenters. The Kier molecular flexibility index (Phi) is 5.24. The Bertz CT molecular complexity index is 675. The largest absolute Gasteiger partial charge is 0.497 e. The van der Waals surface area contributed by atoms with Crippen molar-refractivity contribution in [3.63, 3.8) is 0 Å². The van der Waals surface area contributed by atoms with Gasteiger partial charge in [0.2, 0.25) is 0 Å². The number of ether oxygens (including phenoxy) is 1. The maximum Gasteiger partial charge on any atom is 0.183 e. The van der Waals surface area contributed by atoms with Crippen LogP contribution in [0.1, 0.15) is 0 Å². The smallest absolute Gasteiger partial charge is 0.183 e. The van der Waals surface area contributed by atoms with Crippen LogP contribution in [0.15, 0.2) is 53.5 Å². The lowest BCUT2D eigenvalue weighted by Gasteiger charge is -2.05. The lowest BCUT2D eigenvalue weighted by molar-refractivity contribution is 0.415. The van der Waals surface area contributed by atoms with Crippen molar-refractivity contribution < 1.29 is 4.74 Å². The number of nitriles is 1. The van der Waals surface area contributed by atoms with E-state index in [0.29, 0.717) is 5.17 Å². The van der Waals surface area contributed by atoms with E-state index in [1.807, 2.05) is 61.0 Å². The SMILES string of the molecule is COc1ccc(-c2cccc(N=C(NC#N)SC)c2)cc1. The average Bonchev–Trinajstić information content (AvgIpc) is 2.55. The Labute approximate surface area is 128 Å². The second kappa shape index (κ2) is 7.36. The molecule has 1 N–H and O–H groups in total. The molecule has 0 spiro atoms. The Morgan fingerprint density at radius 2 is 1.95 bits per heavy atom. The van der Waals surface area contributed by atoms with E-state index in [0.717, 1.165) is 22.6 Å². The number of thioether (sulfide) groups is 1.